The lowest BCUT2D eigenvalue weighted by atomic mass is 9.99. The van der Waals surface area contributed by atoms with E-state index in [2.05, 4.69) is 31.9 Å². The number of ketones is 1. The summed E-state index contributed by atoms with van der Waals surface area (Å²) in [7, 11) is 0. The average Bonchev–Trinajstić information content (AvgIpc) is 3.25. The van der Waals surface area contributed by atoms with Gasteiger partial charge in [0, 0.05) is 35.1 Å². The number of Topliss-reactive ketones (excluding diaryl/α,β-unsaturated/α-hetero) is 1. The lowest BCUT2D eigenvalue weighted by Crippen LogP contribution is -2.21. The van der Waals surface area contributed by atoms with Gasteiger partial charge in [-0.3, -0.25) is 9.36 Å². The van der Waals surface area contributed by atoms with E-state index in [9.17, 15) is 4.79 Å². The predicted molar refractivity (Wildman–Crippen MR) is 98.7 cm³/mol. The van der Waals surface area contributed by atoms with Crippen LogP contribution in [0.25, 0.3) is 22.3 Å². The molecule has 0 aliphatic heterocycles. The molecule has 5 nitrogen and oxygen atoms in total. The molecular weight excluding hydrogens is 332 g/mol. The van der Waals surface area contributed by atoms with Gasteiger partial charge in [-0.25, -0.2) is 0 Å². The van der Waals surface area contributed by atoms with Crippen LogP contribution in [0.15, 0.2) is 35.6 Å². The van der Waals surface area contributed by atoms with Crippen LogP contribution in [0.3, 0.4) is 0 Å². The Bertz CT molecular complexity index is 940. The maximum Gasteiger partial charge on any atom is 0.192 e. The zero-order chi connectivity index (χ0) is 16.8. The van der Waals surface area contributed by atoms with Crippen LogP contribution < -0.4 is 0 Å². The van der Waals surface area contributed by atoms with E-state index in [4.69, 9.17) is 0 Å². The van der Waals surface area contributed by atoms with Crippen LogP contribution in [-0.2, 0) is 4.79 Å². The van der Waals surface area contributed by atoms with Crippen LogP contribution in [0.1, 0.15) is 44.6 Å². The molecule has 1 unspecified atom stereocenters. The summed E-state index contributed by atoms with van der Waals surface area (Å²) in [6.45, 7) is 0. The molecule has 1 N–H and O–H groups in total. The standard InChI is InChI=1S/C19H20N4OS/c24-16-7-3-4-8-17(16)25-19-22-21-18(23(19)12-9-10-12)14-11-20-15-6-2-1-5-13(14)15/h1-2,5-6,11-12,17,20H,3-4,7-10H2. The first-order valence-electron chi connectivity index (χ1n) is 9.02. The van der Waals surface area contributed by atoms with Crippen LogP contribution in [0.2, 0.25) is 0 Å². The first-order valence-corrected chi connectivity index (χ1v) is 9.90. The fourth-order valence-corrected chi connectivity index (χ4v) is 4.89. The molecule has 0 radical (unpaired) electrons. The monoisotopic (exact) mass is 352 g/mol. The highest BCUT2D eigenvalue weighted by Crippen LogP contribution is 2.43. The van der Waals surface area contributed by atoms with Gasteiger partial charge in [0.1, 0.15) is 5.78 Å². The minimum atomic E-state index is 0.0475. The van der Waals surface area contributed by atoms with Crippen molar-refractivity contribution in [2.24, 2.45) is 0 Å². The normalized spacial score (nSPS) is 21.1. The highest BCUT2D eigenvalue weighted by atomic mass is 32.2. The summed E-state index contributed by atoms with van der Waals surface area (Å²) in [6, 6.07) is 8.75. The summed E-state index contributed by atoms with van der Waals surface area (Å²) in [5, 5.41) is 11.1. The Morgan fingerprint density at radius 1 is 1.12 bits per heavy atom. The van der Waals surface area contributed by atoms with E-state index >= 15 is 0 Å². The van der Waals surface area contributed by atoms with Crippen LogP contribution in [0.5, 0.6) is 0 Å². The summed E-state index contributed by atoms with van der Waals surface area (Å²) in [6.07, 6.45) is 8.20. The Labute approximate surface area is 150 Å². The smallest absolute Gasteiger partial charge is 0.192 e. The van der Waals surface area contributed by atoms with E-state index in [1.807, 2.05) is 18.3 Å². The molecule has 0 spiro atoms. The first kappa shape index (κ1) is 15.2. The van der Waals surface area contributed by atoms with Crippen molar-refractivity contribution in [1.82, 2.24) is 19.7 Å². The number of fused-ring (bicyclic) bond motifs is 1. The SMILES string of the molecule is O=C1CCCCC1Sc1nnc(-c2c[nH]c3ccccc23)n1C1CC1. The minimum absolute atomic E-state index is 0.0475. The second-order valence-electron chi connectivity index (χ2n) is 6.97. The molecule has 1 atom stereocenters. The Kier molecular flexibility index (Phi) is 3.66. The molecule has 2 aromatic heterocycles. The average molecular weight is 352 g/mol. The van der Waals surface area contributed by atoms with Crippen molar-refractivity contribution in [2.75, 3.05) is 0 Å². The number of thioether (sulfide) groups is 1. The van der Waals surface area contributed by atoms with Crippen molar-refractivity contribution in [3.8, 4) is 11.4 Å². The van der Waals surface area contributed by atoms with E-state index in [0.29, 0.717) is 18.2 Å². The van der Waals surface area contributed by atoms with E-state index in [0.717, 1.165) is 41.3 Å². The third-order valence-corrected chi connectivity index (χ3v) is 6.43. The number of carbonyl (C=O) groups excluding carboxylic acids is 1. The highest BCUT2D eigenvalue weighted by molar-refractivity contribution is 8.00. The van der Waals surface area contributed by atoms with Gasteiger partial charge in [0.25, 0.3) is 0 Å². The van der Waals surface area contributed by atoms with E-state index in [1.165, 1.54) is 18.2 Å². The van der Waals surface area contributed by atoms with Crippen LogP contribution in [0.4, 0.5) is 0 Å². The van der Waals surface area contributed by atoms with Gasteiger partial charge < -0.3 is 4.98 Å². The molecule has 0 bridgehead atoms. The summed E-state index contributed by atoms with van der Waals surface area (Å²) >= 11 is 1.62. The van der Waals surface area contributed by atoms with Crippen molar-refractivity contribution in [3.05, 3.63) is 30.5 Å². The Balaban J connectivity index is 1.55. The first-order chi connectivity index (χ1) is 12.3. The quantitative estimate of drug-likeness (QED) is 0.757. The molecule has 2 heterocycles. The number of carbonyl (C=O) groups is 1. The number of hydrogen-bond acceptors (Lipinski definition) is 4. The lowest BCUT2D eigenvalue weighted by Gasteiger charge is -2.19. The van der Waals surface area contributed by atoms with Gasteiger partial charge in [0.05, 0.1) is 5.25 Å². The van der Waals surface area contributed by atoms with Gasteiger partial charge in [-0.2, -0.15) is 0 Å². The molecule has 5 rings (SSSR count). The number of rotatable bonds is 4. The molecule has 2 fully saturated rings. The van der Waals surface area contributed by atoms with Crippen LogP contribution in [0, 0.1) is 0 Å². The molecule has 6 heteroatoms. The molecule has 1 aromatic carbocycles. The molecule has 2 aliphatic carbocycles. The molecule has 0 amide bonds. The number of benzene rings is 1. The van der Waals surface area contributed by atoms with Crippen LogP contribution >= 0.6 is 11.8 Å². The van der Waals surface area contributed by atoms with Gasteiger partial charge in [-0.05, 0) is 31.7 Å². The van der Waals surface area contributed by atoms with Gasteiger partial charge in [0.2, 0.25) is 0 Å². The minimum Gasteiger partial charge on any atom is -0.360 e. The van der Waals surface area contributed by atoms with Crippen molar-refractivity contribution >= 4 is 28.4 Å². The van der Waals surface area contributed by atoms with E-state index < -0.39 is 0 Å². The van der Waals surface area contributed by atoms with Gasteiger partial charge >= 0.3 is 0 Å². The topological polar surface area (TPSA) is 63.6 Å². The van der Waals surface area contributed by atoms with Crippen molar-refractivity contribution < 1.29 is 4.79 Å². The Morgan fingerprint density at radius 3 is 2.84 bits per heavy atom. The zero-order valence-electron chi connectivity index (χ0n) is 13.9. The number of para-hydroxylation sites is 1. The highest BCUT2D eigenvalue weighted by Gasteiger charge is 2.33. The molecule has 25 heavy (non-hydrogen) atoms. The number of nitrogens with one attached hydrogen (secondary N) is 1. The second-order valence-corrected chi connectivity index (χ2v) is 8.14. The molecule has 0 saturated heterocycles. The second kappa shape index (κ2) is 6.02. The maximum absolute atomic E-state index is 12.2. The zero-order valence-corrected chi connectivity index (χ0v) is 14.8. The summed E-state index contributed by atoms with van der Waals surface area (Å²) in [5.41, 5.74) is 2.20. The van der Waals surface area contributed by atoms with Crippen molar-refractivity contribution in [2.45, 2.75) is 55.0 Å². The van der Waals surface area contributed by atoms with Gasteiger partial charge in [-0.15, -0.1) is 10.2 Å². The van der Waals surface area contributed by atoms with E-state index in [-0.39, 0.29) is 5.25 Å². The largest absolute Gasteiger partial charge is 0.360 e. The molecular formula is C19H20N4OS. The fourth-order valence-electron chi connectivity index (χ4n) is 3.66. The van der Waals surface area contributed by atoms with Gasteiger partial charge in [0.15, 0.2) is 11.0 Å². The predicted octanol–water partition coefficient (Wildman–Crippen LogP) is 4.37. The van der Waals surface area contributed by atoms with E-state index in [1.54, 1.807) is 11.8 Å². The maximum atomic E-state index is 12.2. The third kappa shape index (κ3) is 2.68. The fraction of sp³-hybridized carbons (Fsp3) is 0.421. The number of aromatic amines is 1. The summed E-state index contributed by atoms with van der Waals surface area (Å²) in [4.78, 5) is 15.6. The summed E-state index contributed by atoms with van der Waals surface area (Å²) in [5.74, 6) is 1.29. The molecule has 3 aromatic rings. The Hall–Kier alpha value is -2.08. The number of nitrogens with zero attached hydrogens (tertiary/aromatic N) is 3. The Morgan fingerprint density at radius 2 is 2.00 bits per heavy atom. The number of hydrogen-bond donors (Lipinski definition) is 1. The van der Waals surface area contributed by atoms with Gasteiger partial charge in [-0.1, -0.05) is 36.4 Å². The number of H-pyrrole nitrogens is 1. The molecule has 2 saturated carbocycles. The van der Waals surface area contributed by atoms with Crippen molar-refractivity contribution in [3.63, 3.8) is 0 Å². The number of aromatic nitrogens is 4. The summed E-state index contributed by atoms with van der Waals surface area (Å²) < 4.78 is 2.27. The van der Waals surface area contributed by atoms with Crippen molar-refractivity contribution in [1.29, 1.82) is 0 Å². The lowest BCUT2D eigenvalue weighted by molar-refractivity contribution is -0.119. The molecule has 128 valence electrons. The molecule has 2 aliphatic rings. The third-order valence-electron chi connectivity index (χ3n) is 5.15. The van der Waals surface area contributed by atoms with Crippen LogP contribution in [-0.4, -0.2) is 30.8 Å².